The Morgan fingerprint density at radius 1 is 0.320 bits per heavy atom. The van der Waals surface area contributed by atoms with E-state index in [1.807, 2.05) is 0 Å². The van der Waals surface area contributed by atoms with Gasteiger partial charge >= 0.3 is 5.97 Å². The molecular weight excluding hydrogens is 775 g/mol. The van der Waals surface area contributed by atoms with Gasteiger partial charge in [0.25, 0.3) is 0 Å². The smallest absolute Gasteiger partial charge is 0.307 e. The number of unbranched alkanes of at least 4 members (excludes halogenated alkanes) is 3. The van der Waals surface area contributed by atoms with Crippen molar-refractivity contribution in [1.82, 2.24) is 0 Å². The Morgan fingerprint density at radius 2 is 0.540 bits per heavy atom. The molecule has 0 aliphatic heterocycles. The monoisotopic (exact) mass is 842 g/mol. The van der Waals surface area contributed by atoms with Crippen LogP contribution in [0.4, 0.5) is 0 Å². The van der Waals surface area contributed by atoms with Crippen molar-refractivity contribution < 1.29 is 71.1 Å². The highest BCUT2D eigenvalue weighted by Crippen LogP contribution is 2.02. The molecule has 0 bridgehead atoms. The van der Waals surface area contributed by atoms with E-state index in [-0.39, 0.29) is 12.4 Å². The van der Waals surface area contributed by atoms with Crippen molar-refractivity contribution in [3.63, 3.8) is 0 Å². The third-order valence-electron chi connectivity index (χ3n) is 6.31. The summed E-state index contributed by atoms with van der Waals surface area (Å²) in [6.45, 7) is 13.4. The standard InChI is InChI=1S/C34H67IO15/c1-37-34(36)6-9-39-11-13-41-15-17-43-19-21-45-23-25-47-27-29-49-31-33-50-32-30-48-28-26-46-24-22-44-20-18-42-16-14-40-12-10-38-8-5-3-2-4-7-35/h2-33H2,1H3. The molecule has 0 N–H and O–H groups in total. The molecule has 0 aromatic carbocycles. The molecule has 50 heavy (non-hydrogen) atoms. The second-order valence-corrected chi connectivity index (χ2v) is 11.5. The maximum absolute atomic E-state index is 10.9. The van der Waals surface area contributed by atoms with Crippen LogP contribution in [0.5, 0.6) is 0 Å². The molecule has 300 valence electrons. The average molecular weight is 843 g/mol. The first-order valence-electron chi connectivity index (χ1n) is 17.9. The lowest BCUT2D eigenvalue weighted by Crippen LogP contribution is -2.15. The molecule has 15 nitrogen and oxygen atoms in total. The van der Waals surface area contributed by atoms with E-state index < -0.39 is 0 Å². The lowest BCUT2D eigenvalue weighted by atomic mass is 10.2. The summed E-state index contributed by atoms with van der Waals surface area (Å²) in [5.41, 5.74) is 0. The number of hydrogen-bond donors (Lipinski definition) is 0. The summed E-state index contributed by atoms with van der Waals surface area (Å²) >= 11 is 2.42. The average Bonchev–Trinajstić information content (AvgIpc) is 3.13. The summed E-state index contributed by atoms with van der Waals surface area (Å²) in [7, 11) is 1.35. The zero-order valence-corrected chi connectivity index (χ0v) is 32.8. The molecule has 0 saturated heterocycles. The van der Waals surface area contributed by atoms with Crippen molar-refractivity contribution in [2.24, 2.45) is 0 Å². The molecule has 0 aromatic rings. The zero-order chi connectivity index (χ0) is 36.1. The molecule has 0 radical (unpaired) electrons. The Balaban J connectivity index is 3.05. The first-order valence-corrected chi connectivity index (χ1v) is 19.5. The minimum atomic E-state index is -0.286. The van der Waals surface area contributed by atoms with Gasteiger partial charge in [-0.2, -0.15) is 0 Å². The number of carbonyl (C=O) groups is 1. The topological polar surface area (TPSA) is 146 Å². The van der Waals surface area contributed by atoms with Gasteiger partial charge in [-0.25, -0.2) is 0 Å². The number of alkyl halides is 1. The molecule has 0 fully saturated rings. The Kier molecular flexibility index (Phi) is 46.4. The van der Waals surface area contributed by atoms with Gasteiger partial charge in [0.2, 0.25) is 0 Å². The van der Waals surface area contributed by atoms with E-state index in [0.29, 0.717) is 165 Å². The Morgan fingerprint density at radius 3 is 0.780 bits per heavy atom. The second-order valence-electron chi connectivity index (χ2n) is 10.4. The van der Waals surface area contributed by atoms with Gasteiger partial charge in [-0.1, -0.05) is 35.4 Å². The molecular formula is C34H67IO15. The van der Waals surface area contributed by atoms with Crippen LogP contribution in [-0.4, -0.2) is 189 Å². The summed E-state index contributed by atoms with van der Waals surface area (Å²) in [4.78, 5) is 10.9. The van der Waals surface area contributed by atoms with Gasteiger partial charge in [0.1, 0.15) is 0 Å². The number of hydrogen-bond acceptors (Lipinski definition) is 15. The number of halogens is 1. The van der Waals surface area contributed by atoms with Crippen LogP contribution in [0.1, 0.15) is 32.1 Å². The quantitative estimate of drug-likeness (QED) is 0.0383. The van der Waals surface area contributed by atoms with E-state index in [1.165, 1.54) is 30.8 Å². The Bertz CT molecular complexity index is 639. The van der Waals surface area contributed by atoms with Gasteiger partial charge in [-0.3, -0.25) is 4.79 Å². The number of esters is 1. The van der Waals surface area contributed by atoms with Crippen LogP contribution >= 0.6 is 22.6 Å². The van der Waals surface area contributed by atoms with Crippen LogP contribution in [0.25, 0.3) is 0 Å². The fraction of sp³-hybridized carbons (Fsp3) is 0.971. The minimum absolute atomic E-state index is 0.244. The van der Waals surface area contributed by atoms with Crippen LogP contribution in [0.2, 0.25) is 0 Å². The molecule has 0 spiro atoms. The second kappa shape index (κ2) is 46.7. The molecule has 0 saturated carbocycles. The number of methoxy groups -OCH3 is 1. The van der Waals surface area contributed by atoms with Crippen molar-refractivity contribution in [2.45, 2.75) is 32.1 Å². The molecule has 0 heterocycles. The summed E-state index contributed by atoms with van der Waals surface area (Å²) in [6, 6.07) is 0. The summed E-state index contributed by atoms with van der Waals surface area (Å²) in [5.74, 6) is -0.286. The predicted octanol–water partition coefficient (Wildman–Crippen LogP) is 2.76. The SMILES string of the molecule is COC(=O)CCOCCOCCOCCOCCOCCOCCOCCOCCOCCOCCOCCOCCOCCCCCCI. The minimum Gasteiger partial charge on any atom is -0.469 e. The van der Waals surface area contributed by atoms with E-state index in [9.17, 15) is 4.79 Å². The van der Waals surface area contributed by atoms with Gasteiger partial charge in [-0.15, -0.1) is 0 Å². The van der Waals surface area contributed by atoms with Gasteiger partial charge in [0, 0.05) is 6.61 Å². The van der Waals surface area contributed by atoms with Crippen LogP contribution in [-0.2, 0) is 71.1 Å². The molecule has 0 aromatic heterocycles. The van der Waals surface area contributed by atoms with Crippen LogP contribution in [0, 0.1) is 0 Å². The summed E-state index contributed by atoms with van der Waals surface area (Å²) in [6.07, 6.45) is 5.21. The zero-order valence-electron chi connectivity index (χ0n) is 30.6. The highest BCUT2D eigenvalue weighted by molar-refractivity contribution is 14.1. The molecule has 0 amide bonds. The van der Waals surface area contributed by atoms with Gasteiger partial charge in [0.15, 0.2) is 0 Å². The fourth-order valence-electron chi connectivity index (χ4n) is 3.65. The third kappa shape index (κ3) is 45.7. The molecule has 16 heteroatoms. The van der Waals surface area contributed by atoms with Crippen LogP contribution in [0.3, 0.4) is 0 Å². The maximum Gasteiger partial charge on any atom is 0.307 e. The predicted molar refractivity (Wildman–Crippen MR) is 195 cm³/mol. The Labute approximate surface area is 314 Å². The maximum atomic E-state index is 10.9. The molecule has 0 rings (SSSR count). The van der Waals surface area contributed by atoms with Crippen molar-refractivity contribution in [1.29, 1.82) is 0 Å². The molecule has 0 aliphatic carbocycles. The van der Waals surface area contributed by atoms with E-state index in [4.69, 9.17) is 61.6 Å². The Hall–Kier alpha value is -0.320. The molecule has 0 aliphatic rings. The lowest BCUT2D eigenvalue weighted by molar-refractivity contribution is -0.141. The highest BCUT2D eigenvalue weighted by atomic mass is 127. The van der Waals surface area contributed by atoms with Crippen LogP contribution < -0.4 is 0 Å². The molecule has 0 unspecified atom stereocenters. The van der Waals surface area contributed by atoms with Crippen LogP contribution in [0.15, 0.2) is 0 Å². The van der Waals surface area contributed by atoms with E-state index in [1.54, 1.807) is 0 Å². The number of ether oxygens (including phenoxy) is 14. The van der Waals surface area contributed by atoms with Crippen molar-refractivity contribution >= 4 is 28.6 Å². The highest BCUT2D eigenvalue weighted by Gasteiger charge is 2.00. The largest absolute Gasteiger partial charge is 0.469 e. The van der Waals surface area contributed by atoms with Crippen molar-refractivity contribution in [3.8, 4) is 0 Å². The normalized spacial score (nSPS) is 11.5. The van der Waals surface area contributed by atoms with Crippen molar-refractivity contribution in [3.05, 3.63) is 0 Å². The first-order chi connectivity index (χ1) is 24.8. The van der Waals surface area contributed by atoms with E-state index in [2.05, 4.69) is 27.3 Å². The van der Waals surface area contributed by atoms with Gasteiger partial charge < -0.3 is 66.3 Å². The third-order valence-corrected chi connectivity index (χ3v) is 7.08. The first kappa shape index (κ1) is 49.7. The lowest BCUT2D eigenvalue weighted by Gasteiger charge is -2.09. The number of carbonyl (C=O) groups excluding carboxylic acids is 1. The van der Waals surface area contributed by atoms with E-state index >= 15 is 0 Å². The van der Waals surface area contributed by atoms with Gasteiger partial charge in [-0.05, 0) is 17.3 Å². The fourth-order valence-corrected chi connectivity index (χ4v) is 4.19. The molecule has 0 atom stereocenters. The number of rotatable bonds is 45. The van der Waals surface area contributed by atoms with E-state index in [0.717, 1.165) is 13.0 Å². The van der Waals surface area contributed by atoms with Crippen molar-refractivity contribution in [2.75, 3.05) is 183 Å². The summed E-state index contributed by atoms with van der Waals surface area (Å²) < 4.78 is 76.7. The van der Waals surface area contributed by atoms with Gasteiger partial charge in [0.05, 0.1) is 179 Å². The summed E-state index contributed by atoms with van der Waals surface area (Å²) in [5, 5.41) is 0.